The van der Waals surface area contributed by atoms with E-state index in [1.165, 1.54) is 13.3 Å². The Kier molecular flexibility index (Phi) is 6.60. The fourth-order valence-corrected chi connectivity index (χ4v) is 2.62. The Balaban J connectivity index is 1.58. The molecule has 1 amide bonds. The summed E-state index contributed by atoms with van der Waals surface area (Å²) < 4.78 is 10.4. The molecule has 3 rings (SSSR count). The highest BCUT2D eigenvalue weighted by molar-refractivity contribution is 6.33. The van der Waals surface area contributed by atoms with Crippen LogP contribution in [0.5, 0.6) is 11.5 Å². The van der Waals surface area contributed by atoms with E-state index in [0.717, 1.165) is 0 Å². The summed E-state index contributed by atoms with van der Waals surface area (Å²) in [4.78, 5) is 24.2. The third-order valence-electron chi connectivity index (χ3n) is 3.90. The van der Waals surface area contributed by atoms with Gasteiger partial charge >= 0.3 is 5.97 Å². The number of methoxy groups -OCH3 is 1. The number of rotatable bonds is 6. The van der Waals surface area contributed by atoms with Crippen molar-refractivity contribution in [3.8, 4) is 11.5 Å². The summed E-state index contributed by atoms with van der Waals surface area (Å²) in [5, 5.41) is 4.26. The molecule has 3 aromatic carbocycles. The zero-order valence-electron chi connectivity index (χ0n) is 15.5. The minimum atomic E-state index is -0.539. The third kappa shape index (κ3) is 5.43. The van der Waals surface area contributed by atoms with E-state index in [4.69, 9.17) is 21.1 Å². The summed E-state index contributed by atoms with van der Waals surface area (Å²) in [6.45, 7) is 0. The number of esters is 1. The largest absolute Gasteiger partial charge is 0.497 e. The lowest BCUT2D eigenvalue weighted by atomic mass is 10.2. The molecule has 0 heterocycles. The van der Waals surface area contributed by atoms with Crippen molar-refractivity contribution in [2.45, 2.75) is 0 Å². The molecule has 0 fully saturated rings. The number of carbonyl (C=O) groups is 2. The Morgan fingerprint density at radius 3 is 2.45 bits per heavy atom. The number of hydrogen-bond donors (Lipinski definition) is 1. The standard InChI is InChI=1S/C22H17ClN2O4/c1-28-18-6-4-5-16(13-18)21(26)25-24-14-15-9-11-17(12-10-15)29-22(27)19-7-2-3-8-20(19)23/h2-14H,1H3,(H,25,26)/b24-14-. The topological polar surface area (TPSA) is 77.0 Å². The van der Waals surface area contributed by atoms with Gasteiger partial charge in [-0.3, -0.25) is 4.79 Å². The highest BCUT2D eigenvalue weighted by atomic mass is 35.5. The molecule has 0 saturated heterocycles. The number of nitrogens with one attached hydrogen (secondary N) is 1. The maximum Gasteiger partial charge on any atom is 0.345 e. The van der Waals surface area contributed by atoms with E-state index in [9.17, 15) is 9.59 Å². The molecule has 0 saturated carbocycles. The molecule has 0 bridgehead atoms. The van der Waals surface area contributed by atoms with Crippen molar-refractivity contribution < 1.29 is 19.1 Å². The van der Waals surface area contributed by atoms with E-state index in [1.54, 1.807) is 72.8 Å². The second-order valence-corrected chi connectivity index (χ2v) is 6.28. The Hall–Kier alpha value is -3.64. The van der Waals surface area contributed by atoms with Crippen molar-refractivity contribution in [1.29, 1.82) is 0 Å². The van der Waals surface area contributed by atoms with Crippen LogP contribution in [0.2, 0.25) is 5.02 Å². The van der Waals surface area contributed by atoms with E-state index >= 15 is 0 Å². The number of hydrogen-bond acceptors (Lipinski definition) is 5. The second-order valence-electron chi connectivity index (χ2n) is 5.87. The van der Waals surface area contributed by atoms with Gasteiger partial charge in [0.1, 0.15) is 11.5 Å². The fourth-order valence-electron chi connectivity index (χ4n) is 2.40. The lowest BCUT2D eigenvalue weighted by molar-refractivity contribution is 0.0734. The Labute approximate surface area is 172 Å². The average Bonchev–Trinajstić information content (AvgIpc) is 2.75. The summed E-state index contributed by atoms with van der Waals surface area (Å²) in [5.74, 6) is 0.0593. The molecule has 0 aromatic heterocycles. The average molecular weight is 409 g/mol. The van der Waals surface area contributed by atoms with E-state index < -0.39 is 5.97 Å². The molecule has 0 unspecified atom stereocenters. The van der Waals surface area contributed by atoms with Crippen LogP contribution in [0, 0.1) is 0 Å². The highest BCUT2D eigenvalue weighted by Gasteiger charge is 2.12. The molecule has 0 aliphatic heterocycles. The van der Waals surface area contributed by atoms with Gasteiger partial charge in [-0.15, -0.1) is 0 Å². The molecule has 1 N–H and O–H groups in total. The SMILES string of the molecule is COc1cccc(C(=O)N/N=C\c2ccc(OC(=O)c3ccccc3Cl)cc2)c1. The molecule has 0 aliphatic carbocycles. The van der Waals surface area contributed by atoms with Crippen LogP contribution < -0.4 is 14.9 Å². The Morgan fingerprint density at radius 1 is 0.966 bits per heavy atom. The number of halogens is 1. The fraction of sp³-hybridized carbons (Fsp3) is 0.0455. The van der Waals surface area contributed by atoms with Crippen LogP contribution in [0.1, 0.15) is 26.3 Å². The highest BCUT2D eigenvalue weighted by Crippen LogP contribution is 2.19. The van der Waals surface area contributed by atoms with Gasteiger partial charge in [0.25, 0.3) is 5.91 Å². The second kappa shape index (κ2) is 9.52. The Bertz CT molecular complexity index is 1050. The van der Waals surface area contributed by atoms with Gasteiger partial charge < -0.3 is 9.47 Å². The quantitative estimate of drug-likeness (QED) is 0.285. The summed E-state index contributed by atoms with van der Waals surface area (Å²) >= 11 is 5.99. The molecular weight excluding hydrogens is 392 g/mol. The van der Waals surface area contributed by atoms with Crippen LogP contribution in [-0.2, 0) is 0 Å². The maximum atomic E-state index is 12.2. The molecule has 0 radical (unpaired) electrons. The molecular formula is C22H17ClN2O4. The van der Waals surface area contributed by atoms with Gasteiger partial charge in [0.15, 0.2) is 0 Å². The predicted octanol–water partition coefficient (Wildman–Crippen LogP) is 4.33. The van der Waals surface area contributed by atoms with Crippen molar-refractivity contribution in [3.63, 3.8) is 0 Å². The van der Waals surface area contributed by atoms with Crippen LogP contribution >= 0.6 is 11.6 Å². The van der Waals surface area contributed by atoms with Crippen LogP contribution in [0.4, 0.5) is 0 Å². The zero-order valence-corrected chi connectivity index (χ0v) is 16.2. The number of benzene rings is 3. The van der Waals surface area contributed by atoms with E-state index in [2.05, 4.69) is 10.5 Å². The van der Waals surface area contributed by atoms with Crippen molar-refractivity contribution >= 4 is 29.7 Å². The van der Waals surface area contributed by atoms with Gasteiger partial charge in [-0.1, -0.05) is 29.8 Å². The van der Waals surface area contributed by atoms with Gasteiger partial charge in [-0.2, -0.15) is 5.10 Å². The summed E-state index contributed by atoms with van der Waals surface area (Å²) in [6.07, 6.45) is 1.48. The molecule has 0 spiro atoms. The lowest BCUT2D eigenvalue weighted by Crippen LogP contribution is -2.17. The lowest BCUT2D eigenvalue weighted by Gasteiger charge is -2.06. The van der Waals surface area contributed by atoms with Crippen LogP contribution in [0.3, 0.4) is 0 Å². The van der Waals surface area contributed by atoms with Gasteiger partial charge in [-0.25, -0.2) is 10.2 Å². The van der Waals surface area contributed by atoms with E-state index in [-0.39, 0.29) is 5.91 Å². The Morgan fingerprint density at radius 2 is 1.72 bits per heavy atom. The van der Waals surface area contributed by atoms with E-state index in [1.807, 2.05) is 0 Å². The monoisotopic (exact) mass is 408 g/mol. The summed E-state index contributed by atoms with van der Waals surface area (Å²) in [7, 11) is 1.53. The molecule has 29 heavy (non-hydrogen) atoms. The molecule has 6 nitrogen and oxygen atoms in total. The minimum absolute atomic E-state index is 0.292. The van der Waals surface area contributed by atoms with Crippen molar-refractivity contribution in [3.05, 3.63) is 94.5 Å². The number of amides is 1. The van der Waals surface area contributed by atoms with Gasteiger partial charge in [0, 0.05) is 5.56 Å². The molecule has 3 aromatic rings. The zero-order chi connectivity index (χ0) is 20.6. The van der Waals surface area contributed by atoms with Gasteiger partial charge in [0.05, 0.1) is 23.9 Å². The molecule has 0 aliphatic rings. The molecule has 146 valence electrons. The maximum absolute atomic E-state index is 12.2. The first-order valence-electron chi connectivity index (χ1n) is 8.61. The third-order valence-corrected chi connectivity index (χ3v) is 4.23. The number of ether oxygens (including phenoxy) is 2. The van der Waals surface area contributed by atoms with Crippen molar-refractivity contribution in [2.75, 3.05) is 7.11 Å². The number of hydrazone groups is 1. The normalized spacial score (nSPS) is 10.6. The first-order chi connectivity index (χ1) is 14.1. The van der Waals surface area contributed by atoms with Crippen LogP contribution in [0.15, 0.2) is 77.9 Å². The van der Waals surface area contributed by atoms with Crippen molar-refractivity contribution in [1.82, 2.24) is 5.43 Å². The van der Waals surface area contributed by atoms with E-state index in [0.29, 0.717) is 33.2 Å². The predicted molar refractivity (Wildman–Crippen MR) is 111 cm³/mol. The number of carbonyl (C=O) groups excluding carboxylic acids is 2. The van der Waals surface area contributed by atoms with Gasteiger partial charge in [0.2, 0.25) is 0 Å². The summed E-state index contributed by atoms with van der Waals surface area (Å²) in [5.41, 5.74) is 3.89. The van der Waals surface area contributed by atoms with Crippen molar-refractivity contribution in [2.24, 2.45) is 5.10 Å². The first kappa shape index (κ1) is 20.1. The van der Waals surface area contributed by atoms with Gasteiger partial charge in [-0.05, 0) is 60.2 Å². The summed E-state index contributed by atoms with van der Waals surface area (Å²) in [6, 6.07) is 20.1. The minimum Gasteiger partial charge on any atom is -0.497 e. The smallest absolute Gasteiger partial charge is 0.345 e. The van der Waals surface area contributed by atoms with Crippen LogP contribution in [-0.4, -0.2) is 25.2 Å². The first-order valence-corrected chi connectivity index (χ1v) is 8.99. The van der Waals surface area contributed by atoms with Crippen LogP contribution in [0.25, 0.3) is 0 Å². The number of nitrogens with zero attached hydrogens (tertiary/aromatic N) is 1. The molecule has 0 atom stereocenters. The molecule has 7 heteroatoms.